The number of halogens is 1. The van der Waals surface area contributed by atoms with Gasteiger partial charge in [-0.15, -0.1) is 0 Å². The summed E-state index contributed by atoms with van der Waals surface area (Å²) < 4.78 is 19.9. The molecule has 0 bridgehead atoms. The van der Waals surface area contributed by atoms with E-state index >= 15 is 0 Å². The number of nitrogens with one attached hydrogen (secondary N) is 1. The number of nitrogens with zero attached hydrogens (tertiary/aromatic N) is 2. The molecule has 0 saturated heterocycles. The van der Waals surface area contributed by atoms with Crippen LogP contribution in [0.2, 0.25) is 0 Å². The lowest BCUT2D eigenvalue weighted by molar-refractivity contribution is 0.0901. The van der Waals surface area contributed by atoms with Crippen LogP contribution in [0.4, 0.5) is 4.39 Å². The first-order valence-corrected chi connectivity index (χ1v) is 8.29. The van der Waals surface area contributed by atoms with Crippen molar-refractivity contribution in [1.82, 2.24) is 15.1 Å². The Morgan fingerprint density at radius 1 is 1.29 bits per heavy atom. The Balaban J connectivity index is 1.81. The van der Waals surface area contributed by atoms with Gasteiger partial charge in [0.25, 0.3) is 5.91 Å². The molecule has 1 N–H and O–H groups in total. The zero-order valence-electron chi connectivity index (χ0n) is 14.0. The van der Waals surface area contributed by atoms with Gasteiger partial charge in [0, 0.05) is 6.04 Å². The summed E-state index contributed by atoms with van der Waals surface area (Å²) in [7, 11) is 1.51. The van der Waals surface area contributed by atoms with E-state index < -0.39 is 0 Å². The highest BCUT2D eigenvalue weighted by Crippen LogP contribution is 2.25. The lowest BCUT2D eigenvalue weighted by Crippen LogP contribution is -2.41. The number of rotatable bonds is 4. The Morgan fingerprint density at radius 2 is 2.00 bits per heavy atom. The van der Waals surface area contributed by atoms with E-state index in [0.29, 0.717) is 17.4 Å². The summed E-state index contributed by atoms with van der Waals surface area (Å²) >= 11 is 0. The van der Waals surface area contributed by atoms with E-state index in [1.165, 1.54) is 30.3 Å². The highest BCUT2D eigenvalue weighted by atomic mass is 19.1. The van der Waals surface area contributed by atoms with Gasteiger partial charge in [0.05, 0.1) is 19.0 Å². The average molecular weight is 331 g/mol. The molecule has 5 nitrogen and oxygen atoms in total. The lowest BCUT2D eigenvalue weighted by atomic mass is 9.86. The molecule has 24 heavy (non-hydrogen) atoms. The molecular weight excluding hydrogens is 309 g/mol. The highest BCUT2D eigenvalue weighted by Gasteiger charge is 2.26. The smallest absolute Gasteiger partial charge is 0.275 e. The number of amides is 1. The van der Waals surface area contributed by atoms with Gasteiger partial charge < -0.3 is 10.1 Å². The Bertz CT molecular complexity index is 712. The van der Waals surface area contributed by atoms with Crippen molar-refractivity contribution in [2.24, 2.45) is 5.92 Å². The number of carbonyl (C=O) groups is 1. The second-order valence-electron chi connectivity index (χ2n) is 6.31. The van der Waals surface area contributed by atoms with Gasteiger partial charge in [0.2, 0.25) is 0 Å². The molecule has 0 radical (unpaired) electrons. The predicted molar refractivity (Wildman–Crippen MR) is 89.0 cm³/mol. The van der Waals surface area contributed by atoms with E-state index in [-0.39, 0.29) is 23.5 Å². The van der Waals surface area contributed by atoms with Crippen LogP contribution in [0.5, 0.6) is 5.75 Å². The number of aromatic nitrogens is 2. The molecule has 1 heterocycles. The van der Waals surface area contributed by atoms with Crippen molar-refractivity contribution in [3.05, 3.63) is 42.0 Å². The van der Waals surface area contributed by atoms with E-state index in [1.807, 2.05) is 0 Å². The van der Waals surface area contributed by atoms with Crippen molar-refractivity contribution >= 4 is 5.91 Å². The Kier molecular flexibility index (Phi) is 4.83. The number of carbonyl (C=O) groups excluding carboxylic acids is 1. The average Bonchev–Trinajstić information content (AvgIpc) is 3.02. The maximum Gasteiger partial charge on any atom is 0.275 e. The second kappa shape index (κ2) is 7.03. The van der Waals surface area contributed by atoms with Gasteiger partial charge in [-0.3, -0.25) is 4.79 Å². The zero-order valence-corrected chi connectivity index (χ0v) is 14.0. The summed E-state index contributed by atoms with van der Waals surface area (Å²) in [6.45, 7) is 2.17. The fourth-order valence-corrected chi connectivity index (χ4v) is 3.16. The van der Waals surface area contributed by atoms with E-state index in [4.69, 9.17) is 4.74 Å². The van der Waals surface area contributed by atoms with Gasteiger partial charge in [0.15, 0.2) is 11.4 Å². The monoisotopic (exact) mass is 331 g/mol. The van der Waals surface area contributed by atoms with Crippen molar-refractivity contribution in [3.63, 3.8) is 0 Å². The van der Waals surface area contributed by atoms with Gasteiger partial charge in [0.1, 0.15) is 5.82 Å². The van der Waals surface area contributed by atoms with E-state index in [2.05, 4.69) is 17.3 Å². The Morgan fingerprint density at radius 3 is 2.67 bits per heavy atom. The molecule has 1 aliphatic carbocycles. The fourth-order valence-electron chi connectivity index (χ4n) is 3.16. The van der Waals surface area contributed by atoms with Crippen LogP contribution < -0.4 is 10.1 Å². The minimum Gasteiger partial charge on any atom is -0.493 e. The molecule has 1 amide bonds. The summed E-state index contributed by atoms with van der Waals surface area (Å²) in [5, 5.41) is 7.41. The summed E-state index contributed by atoms with van der Waals surface area (Å²) in [6.07, 6.45) is 6.11. The first-order valence-electron chi connectivity index (χ1n) is 8.29. The second-order valence-corrected chi connectivity index (χ2v) is 6.31. The number of benzene rings is 1. The third-order valence-corrected chi connectivity index (χ3v) is 4.63. The van der Waals surface area contributed by atoms with Crippen molar-refractivity contribution in [2.45, 2.75) is 38.6 Å². The number of methoxy groups -OCH3 is 1. The number of hydrogen-bond acceptors (Lipinski definition) is 3. The van der Waals surface area contributed by atoms with E-state index in [9.17, 15) is 9.18 Å². The summed E-state index contributed by atoms with van der Waals surface area (Å²) in [4.78, 5) is 12.6. The first kappa shape index (κ1) is 16.5. The molecule has 6 heteroatoms. The van der Waals surface area contributed by atoms with Crippen LogP contribution >= 0.6 is 0 Å². The molecular formula is C18H22FN3O2. The molecule has 0 spiro atoms. The summed E-state index contributed by atoms with van der Waals surface area (Å²) in [6, 6.07) is 6.09. The predicted octanol–water partition coefficient (Wildman–Crippen LogP) is 3.33. The minimum atomic E-state index is -0.317. The van der Waals surface area contributed by atoms with Gasteiger partial charge in [-0.05, 0) is 43.0 Å². The maximum atomic E-state index is 13.1. The van der Waals surface area contributed by atoms with Crippen LogP contribution in [0.25, 0.3) is 5.69 Å². The lowest BCUT2D eigenvalue weighted by Gasteiger charge is -2.29. The summed E-state index contributed by atoms with van der Waals surface area (Å²) in [5.74, 6) is 0.321. The van der Waals surface area contributed by atoms with Gasteiger partial charge in [-0.25, -0.2) is 9.07 Å². The molecule has 1 saturated carbocycles. The van der Waals surface area contributed by atoms with Crippen LogP contribution in [-0.4, -0.2) is 28.8 Å². The van der Waals surface area contributed by atoms with Gasteiger partial charge >= 0.3 is 0 Å². The minimum absolute atomic E-state index is 0.173. The quantitative estimate of drug-likeness (QED) is 0.935. The van der Waals surface area contributed by atoms with Crippen molar-refractivity contribution < 1.29 is 13.9 Å². The topological polar surface area (TPSA) is 56.2 Å². The molecule has 1 fully saturated rings. The molecule has 1 aromatic carbocycles. The molecule has 2 aromatic rings. The third kappa shape index (κ3) is 3.42. The molecule has 1 aromatic heterocycles. The maximum absolute atomic E-state index is 13.1. The van der Waals surface area contributed by atoms with Crippen LogP contribution in [0.3, 0.4) is 0 Å². The van der Waals surface area contributed by atoms with Gasteiger partial charge in [-0.2, -0.15) is 5.10 Å². The van der Waals surface area contributed by atoms with Crippen LogP contribution in [-0.2, 0) is 0 Å². The standard InChI is InChI=1S/C18H22FN3O2/c1-12-5-3-4-6-15(12)20-18(23)17-16(24-2)11-22(21-17)14-9-7-13(19)8-10-14/h7-12,15H,3-6H2,1-2H3,(H,20,23). The molecule has 128 valence electrons. The zero-order chi connectivity index (χ0) is 17.1. The highest BCUT2D eigenvalue weighted by molar-refractivity contribution is 5.95. The van der Waals surface area contributed by atoms with Crippen molar-refractivity contribution in [1.29, 1.82) is 0 Å². The molecule has 1 aliphatic rings. The number of hydrogen-bond donors (Lipinski definition) is 1. The Labute approximate surface area is 140 Å². The molecule has 2 unspecified atom stereocenters. The normalized spacial score (nSPS) is 20.6. The Hall–Kier alpha value is -2.37. The van der Waals surface area contributed by atoms with Crippen LogP contribution in [0.15, 0.2) is 30.5 Å². The van der Waals surface area contributed by atoms with Crippen LogP contribution in [0.1, 0.15) is 43.1 Å². The molecule has 0 aliphatic heterocycles. The van der Waals surface area contributed by atoms with E-state index in [0.717, 1.165) is 19.3 Å². The number of ether oxygens (including phenoxy) is 1. The van der Waals surface area contributed by atoms with Crippen LogP contribution in [0, 0.1) is 11.7 Å². The first-order chi connectivity index (χ1) is 11.6. The van der Waals surface area contributed by atoms with Gasteiger partial charge in [-0.1, -0.05) is 19.8 Å². The third-order valence-electron chi connectivity index (χ3n) is 4.63. The SMILES string of the molecule is COc1cn(-c2ccc(F)cc2)nc1C(=O)NC1CCCCC1C. The summed E-state index contributed by atoms with van der Waals surface area (Å²) in [5.41, 5.74) is 0.916. The van der Waals surface area contributed by atoms with Crippen molar-refractivity contribution in [3.8, 4) is 11.4 Å². The van der Waals surface area contributed by atoms with Crippen molar-refractivity contribution in [2.75, 3.05) is 7.11 Å². The molecule has 3 rings (SSSR count). The largest absolute Gasteiger partial charge is 0.493 e. The molecule has 2 atom stereocenters. The van der Waals surface area contributed by atoms with E-state index in [1.54, 1.807) is 18.3 Å². The fraction of sp³-hybridized carbons (Fsp3) is 0.444.